The summed E-state index contributed by atoms with van der Waals surface area (Å²) in [6.07, 6.45) is 4.02. The Morgan fingerprint density at radius 1 is 1.08 bits per heavy atom. The number of hydrogen-bond donors (Lipinski definition) is 0. The van der Waals surface area contributed by atoms with Crippen molar-refractivity contribution in [3.05, 3.63) is 47.0 Å². The van der Waals surface area contributed by atoms with E-state index in [9.17, 15) is 9.59 Å². The molecule has 1 unspecified atom stereocenters. The second kappa shape index (κ2) is 8.32. The van der Waals surface area contributed by atoms with Crippen LogP contribution in [0.2, 0.25) is 0 Å². The summed E-state index contributed by atoms with van der Waals surface area (Å²) in [5, 5.41) is 0. The van der Waals surface area contributed by atoms with Gasteiger partial charge in [-0.3, -0.25) is 9.59 Å². The molecule has 0 bridgehead atoms. The molecule has 0 fully saturated rings. The van der Waals surface area contributed by atoms with Gasteiger partial charge in [0.15, 0.2) is 5.41 Å². The Balaban J connectivity index is 2.16. The molecule has 0 saturated carbocycles. The summed E-state index contributed by atoms with van der Waals surface area (Å²) in [5.41, 5.74) is 2.35. The third kappa shape index (κ3) is 4.12. The molecule has 2 rings (SSSR count). The maximum Gasteiger partial charge on any atom is 0.327 e. The first-order valence-corrected chi connectivity index (χ1v) is 9.03. The van der Waals surface area contributed by atoms with Gasteiger partial charge in [0, 0.05) is 0 Å². The van der Waals surface area contributed by atoms with Crippen LogP contribution >= 0.6 is 0 Å². The fourth-order valence-corrected chi connectivity index (χ4v) is 3.55. The molecule has 4 nitrogen and oxygen atoms in total. The predicted molar refractivity (Wildman–Crippen MR) is 97.1 cm³/mol. The number of aryl methyl sites for hydroxylation is 2. The Kier molecular flexibility index (Phi) is 6.40. The monoisotopic (exact) mass is 344 g/mol. The van der Waals surface area contributed by atoms with Gasteiger partial charge >= 0.3 is 11.9 Å². The van der Waals surface area contributed by atoms with Crippen LogP contribution in [0.5, 0.6) is 0 Å². The summed E-state index contributed by atoms with van der Waals surface area (Å²) >= 11 is 0. The second-order valence-corrected chi connectivity index (χ2v) is 6.67. The van der Waals surface area contributed by atoms with Gasteiger partial charge in [-0.25, -0.2) is 0 Å². The molecule has 136 valence electrons. The average molecular weight is 344 g/mol. The third-order valence-electron chi connectivity index (χ3n) is 4.99. The maximum absolute atomic E-state index is 12.5. The fraction of sp³-hybridized carbons (Fsp3) is 0.524. The minimum absolute atomic E-state index is 0.174. The molecule has 25 heavy (non-hydrogen) atoms. The van der Waals surface area contributed by atoms with Crippen LogP contribution in [0.4, 0.5) is 0 Å². The normalized spacial score (nSPS) is 18.6. The molecule has 0 radical (unpaired) electrons. The number of esters is 2. The number of ether oxygens (including phenoxy) is 2. The van der Waals surface area contributed by atoms with Gasteiger partial charge in [0.2, 0.25) is 0 Å². The molecule has 0 aromatic heterocycles. The number of carbonyl (C=O) groups excluding carboxylic acids is 2. The number of rotatable bonds is 7. The summed E-state index contributed by atoms with van der Waals surface area (Å²) in [4.78, 5) is 25.1. The number of allylic oxidation sites excluding steroid dienone is 1. The lowest BCUT2D eigenvalue weighted by molar-refractivity contribution is -0.168. The summed E-state index contributed by atoms with van der Waals surface area (Å²) in [6.45, 7) is 8.09. The van der Waals surface area contributed by atoms with Crippen LogP contribution in [0, 0.1) is 18.3 Å². The van der Waals surface area contributed by atoms with E-state index in [-0.39, 0.29) is 19.1 Å². The molecule has 0 N–H and O–H groups in total. The third-order valence-corrected chi connectivity index (χ3v) is 4.99. The highest BCUT2D eigenvalue weighted by atomic mass is 16.6. The van der Waals surface area contributed by atoms with Crippen molar-refractivity contribution in [2.24, 2.45) is 11.3 Å². The van der Waals surface area contributed by atoms with Crippen molar-refractivity contribution in [2.45, 2.75) is 47.0 Å². The quantitative estimate of drug-likeness (QED) is 0.426. The molecule has 1 aliphatic rings. The zero-order valence-corrected chi connectivity index (χ0v) is 15.6. The Labute approximate surface area is 150 Å². The first-order valence-electron chi connectivity index (χ1n) is 9.03. The molecule has 0 amide bonds. The van der Waals surface area contributed by atoms with E-state index in [0.29, 0.717) is 6.42 Å². The number of hydrogen-bond acceptors (Lipinski definition) is 4. The van der Waals surface area contributed by atoms with Crippen LogP contribution in [0.1, 0.15) is 44.7 Å². The van der Waals surface area contributed by atoms with Gasteiger partial charge in [0.1, 0.15) is 0 Å². The first-order chi connectivity index (χ1) is 11.9. The molecule has 4 heteroatoms. The van der Waals surface area contributed by atoms with Crippen LogP contribution in [0.25, 0.3) is 0 Å². The maximum atomic E-state index is 12.5. The van der Waals surface area contributed by atoms with Gasteiger partial charge in [-0.2, -0.15) is 0 Å². The highest BCUT2D eigenvalue weighted by Crippen LogP contribution is 2.44. The van der Waals surface area contributed by atoms with Crippen molar-refractivity contribution in [1.82, 2.24) is 0 Å². The highest BCUT2D eigenvalue weighted by Gasteiger charge is 2.52. The van der Waals surface area contributed by atoms with Crippen molar-refractivity contribution in [3.63, 3.8) is 0 Å². The van der Waals surface area contributed by atoms with Gasteiger partial charge in [-0.05, 0) is 64.0 Å². The van der Waals surface area contributed by atoms with Crippen LogP contribution < -0.4 is 0 Å². The molecule has 0 heterocycles. The average Bonchev–Trinajstić information content (AvgIpc) is 2.93. The lowest BCUT2D eigenvalue weighted by Gasteiger charge is -2.24. The summed E-state index contributed by atoms with van der Waals surface area (Å²) < 4.78 is 10.4. The standard InChI is InChI=1S/C21H28O4/c1-5-24-19(22)21(20(23)25-6-2)13-16(4)18(14-21)12-11-17-10-8-7-9-15(17)3/h7-10,13,18H,5-6,11-12,14H2,1-4H3. The molecule has 0 saturated heterocycles. The molecular weight excluding hydrogens is 316 g/mol. The van der Waals surface area contributed by atoms with E-state index in [2.05, 4.69) is 19.1 Å². The van der Waals surface area contributed by atoms with Crippen LogP contribution in [-0.4, -0.2) is 25.2 Å². The van der Waals surface area contributed by atoms with E-state index < -0.39 is 17.4 Å². The zero-order valence-electron chi connectivity index (χ0n) is 15.6. The Morgan fingerprint density at radius 2 is 1.68 bits per heavy atom. The lowest BCUT2D eigenvalue weighted by Crippen LogP contribution is -2.39. The largest absolute Gasteiger partial charge is 0.465 e. The summed E-state index contributed by atoms with van der Waals surface area (Å²) in [6, 6.07) is 8.31. The van der Waals surface area contributed by atoms with E-state index in [1.165, 1.54) is 11.1 Å². The molecule has 0 aliphatic heterocycles. The van der Waals surface area contributed by atoms with Gasteiger partial charge in [0.05, 0.1) is 13.2 Å². The van der Waals surface area contributed by atoms with Crippen molar-refractivity contribution in [3.8, 4) is 0 Å². The smallest absolute Gasteiger partial charge is 0.327 e. The molecule has 0 spiro atoms. The summed E-state index contributed by atoms with van der Waals surface area (Å²) in [5.74, 6) is -0.814. The minimum atomic E-state index is -1.29. The molecule has 1 atom stereocenters. The van der Waals surface area contributed by atoms with Crippen molar-refractivity contribution in [2.75, 3.05) is 13.2 Å². The van der Waals surface area contributed by atoms with E-state index in [4.69, 9.17) is 9.47 Å². The van der Waals surface area contributed by atoms with Crippen molar-refractivity contribution >= 4 is 11.9 Å². The predicted octanol–water partition coefficient (Wildman–Crippen LogP) is 4.01. The van der Waals surface area contributed by atoms with Crippen molar-refractivity contribution < 1.29 is 19.1 Å². The Morgan fingerprint density at radius 3 is 2.24 bits per heavy atom. The van der Waals surface area contributed by atoms with Gasteiger partial charge in [-0.15, -0.1) is 0 Å². The lowest BCUT2D eigenvalue weighted by atomic mass is 9.83. The topological polar surface area (TPSA) is 52.6 Å². The van der Waals surface area contributed by atoms with Crippen LogP contribution in [0.15, 0.2) is 35.9 Å². The van der Waals surface area contributed by atoms with Gasteiger partial charge in [-0.1, -0.05) is 35.9 Å². The van der Waals surface area contributed by atoms with Gasteiger partial charge < -0.3 is 9.47 Å². The Bertz CT molecular complexity index is 642. The Hall–Kier alpha value is -2.10. The van der Waals surface area contributed by atoms with E-state index in [1.807, 2.05) is 19.1 Å². The number of carbonyl (C=O) groups is 2. The van der Waals surface area contributed by atoms with Crippen LogP contribution in [0.3, 0.4) is 0 Å². The highest BCUT2D eigenvalue weighted by molar-refractivity contribution is 6.03. The SMILES string of the molecule is CCOC(=O)C1(C(=O)OCC)C=C(C)C(CCc2ccccc2C)C1. The zero-order chi connectivity index (χ0) is 18.4. The first kappa shape index (κ1) is 19.2. The van der Waals surface area contributed by atoms with E-state index >= 15 is 0 Å². The van der Waals surface area contributed by atoms with Crippen molar-refractivity contribution in [1.29, 1.82) is 0 Å². The molecular formula is C21H28O4. The van der Waals surface area contributed by atoms with Crippen LogP contribution in [-0.2, 0) is 25.5 Å². The summed E-state index contributed by atoms with van der Waals surface area (Å²) in [7, 11) is 0. The minimum Gasteiger partial charge on any atom is -0.465 e. The van der Waals surface area contributed by atoms with E-state index in [1.54, 1.807) is 19.9 Å². The molecule has 1 aliphatic carbocycles. The second-order valence-electron chi connectivity index (χ2n) is 6.67. The van der Waals surface area contributed by atoms with E-state index in [0.717, 1.165) is 18.4 Å². The number of benzene rings is 1. The fourth-order valence-electron chi connectivity index (χ4n) is 3.55. The molecule has 1 aromatic rings. The molecule has 1 aromatic carbocycles. The van der Waals surface area contributed by atoms with Gasteiger partial charge in [0.25, 0.3) is 0 Å².